The SMILES string of the molecule is COCCCn1c(C2CCCN(C(=O)CCCc3ccc(-c4ccc5c(c4)OC(F)(F)O5)cc3)C2)cc2ccc(F)cc21. The molecule has 1 saturated heterocycles. The van der Waals surface area contributed by atoms with Crippen LogP contribution in [0.25, 0.3) is 22.0 Å². The van der Waals surface area contributed by atoms with Crippen LogP contribution in [0.1, 0.15) is 49.3 Å². The molecule has 4 aromatic rings. The zero-order valence-corrected chi connectivity index (χ0v) is 24.2. The Labute approximate surface area is 249 Å². The highest BCUT2D eigenvalue weighted by Gasteiger charge is 2.43. The number of amides is 1. The van der Waals surface area contributed by atoms with Crippen LogP contribution in [0.15, 0.2) is 66.7 Å². The van der Waals surface area contributed by atoms with Crippen molar-refractivity contribution in [2.45, 2.75) is 57.3 Å². The molecule has 3 aromatic carbocycles. The predicted molar refractivity (Wildman–Crippen MR) is 158 cm³/mol. The Balaban J connectivity index is 1.05. The highest BCUT2D eigenvalue weighted by atomic mass is 19.3. The van der Waals surface area contributed by atoms with Crippen LogP contribution in [0.2, 0.25) is 0 Å². The van der Waals surface area contributed by atoms with Gasteiger partial charge in [-0.25, -0.2) is 4.39 Å². The van der Waals surface area contributed by atoms with Crippen LogP contribution in [-0.2, 0) is 22.5 Å². The number of fused-ring (bicyclic) bond motifs is 2. The van der Waals surface area contributed by atoms with Crippen molar-refractivity contribution < 1.29 is 32.2 Å². The van der Waals surface area contributed by atoms with Gasteiger partial charge in [-0.15, -0.1) is 8.78 Å². The van der Waals surface area contributed by atoms with Gasteiger partial charge >= 0.3 is 6.29 Å². The molecule has 1 fully saturated rings. The normalized spacial score (nSPS) is 17.5. The summed E-state index contributed by atoms with van der Waals surface area (Å²) in [5.41, 5.74) is 4.78. The molecule has 1 amide bonds. The van der Waals surface area contributed by atoms with Crippen LogP contribution < -0.4 is 9.47 Å². The van der Waals surface area contributed by atoms with E-state index in [9.17, 15) is 18.0 Å². The van der Waals surface area contributed by atoms with Gasteiger partial charge in [0.25, 0.3) is 0 Å². The molecule has 0 bridgehead atoms. The van der Waals surface area contributed by atoms with Gasteiger partial charge in [-0.3, -0.25) is 4.79 Å². The fourth-order valence-corrected chi connectivity index (χ4v) is 6.24. The summed E-state index contributed by atoms with van der Waals surface area (Å²) in [6.07, 6.45) is 1.07. The second-order valence-corrected chi connectivity index (χ2v) is 11.3. The molecule has 9 heteroatoms. The van der Waals surface area contributed by atoms with E-state index in [1.54, 1.807) is 25.3 Å². The summed E-state index contributed by atoms with van der Waals surface area (Å²) in [5.74, 6) is 0.152. The van der Waals surface area contributed by atoms with E-state index in [1.807, 2.05) is 35.2 Å². The van der Waals surface area contributed by atoms with E-state index in [0.29, 0.717) is 19.6 Å². The average Bonchev–Trinajstić information content (AvgIpc) is 3.52. The smallest absolute Gasteiger partial charge is 0.395 e. The van der Waals surface area contributed by atoms with Crippen molar-refractivity contribution in [3.63, 3.8) is 0 Å². The first-order valence-electron chi connectivity index (χ1n) is 14.8. The van der Waals surface area contributed by atoms with Gasteiger partial charge in [-0.05, 0) is 85.2 Å². The van der Waals surface area contributed by atoms with Crippen LogP contribution in [0, 0.1) is 5.82 Å². The van der Waals surface area contributed by atoms with Crippen LogP contribution in [0.4, 0.5) is 13.2 Å². The van der Waals surface area contributed by atoms with E-state index in [4.69, 9.17) is 4.74 Å². The van der Waals surface area contributed by atoms with Crippen molar-refractivity contribution in [2.75, 3.05) is 26.8 Å². The highest BCUT2D eigenvalue weighted by Crippen LogP contribution is 2.43. The fourth-order valence-electron chi connectivity index (χ4n) is 6.24. The van der Waals surface area contributed by atoms with Crippen molar-refractivity contribution >= 4 is 16.8 Å². The molecule has 0 aliphatic carbocycles. The molecule has 0 N–H and O–H groups in total. The molecule has 2 aliphatic rings. The molecule has 226 valence electrons. The van der Waals surface area contributed by atoms with Crippen LogP contribution >= 0.6 is 0 Å². The summed E-state index contributed by atoms with van der Waals surface area (Å²) in [5, 5.41) is 1.02. The van der Waals surface area contributed by atoms with Gasteiger partial charge in [0, 0.05) is 56.8 Å². The topological polar surface area (TPSA) is 52.9 Å². The average molecular weight is 593 g/mol. The molecule has 0 spiro atoms. The molecule has 1 unspecified atom stereocenters. The fraction of sp³-hybridized carbons (Fsp3) is 0.382. The number of carbonyl (C=O) groups is 1. The van der Waals surface area contributed by atoms with Crippen LogP contribution in [-0.4, -0.2) is 48.5 Å². The van der Waals surface area contributed by atoms with Crippen LogP contribution in [0.3, 0.4) is 0 Å². The third-order valence-corrected chi connectivity index (χ3v) is 8.37. The molecule has 0 radical (unpaired) electrons. The summed E-state index contributed by atoms with van der Waals surface area (Å²) >= 11 is 0. The number of ether oxygens (including phenoxy) is 3. The number of aromatic nitrogens is 1. The second kappa shape index (κ2) is 12.3. The molecule has 1 aromatic heterocycles. The van der Waals surface area contributed by atoms with E-state index < -0.39 is 6.29 Å². The van der Waals surface area contributed by atoms with E-state index in [-0.39, 0.29) is 29.1 Å². The lowest BCUT2D eigenvalue weighted by molar-refractivity contribution is -0.286. The number of rotatable bonds is 10. The van der Waals surface area contributed by atoms with Gasteiger partial charge in [0.15, 0.2) is 11.5 Å². The van der Waals surface area contributed by atoms with Crippen molar-refractivity contribution in [2.24, 2.45) is 0 Å². The van der Waals surface area contributed by atoms with Gasteiger partial charge < -0.3 is 23.7 Å². The van der Waals surface area contributed by atoms with Gasteiger partial charge in [0.05, 0.1) is 5.52 Å². The van der Waals surface area contributed by atoms with Crippen molar-refractivity contribution in [1.29, 1.82) is 0 Å². The Morgan fingerprint density at radius 1 is 0.977 bits per heavy atom. The molecule has 2 aliphatic heterocycles. The summed E-state index contributed by atoms with van der Waals surface area (Å²) in [6, 6.07) is 19.7. The number of benzene rings is 3. The van der Waals surface area contributed by atoms with Crippen molar-refractivity contribution in [3.8, 4) is 22.6 Å². The van der Waals surface area contributed by atoms with E-state index in [0.717, 1.165) is 78.5 Å². The minimum atomic E-state index is -3.64. The molecule has 6 rings (SSSR count). The van der Waals surface area contributed by atoms with Gasteiger partial charge in [-0.1, -0.05) is 30.3 Å². The summed E-state index contributed by atoms with van der Waals surface area (Å²) in [7, 11) is 1.68. The van der Waals surface area contributed by atoms with Crippen LogP contribution in [0.5, 0.6) is 11.5 Å². The number of methoxy groups -OCH3 is 1. The monoisotopic (exact) mass is 592 g/mol. The molecule has 43 heavy (non-hydrogen) atoms. The minimum absolute atomic E-state index is 0.0199. The third kappa shape index (κ3) is 6.51. The van der Waals surface area contributed by atoms with E-state index >= 15 is 0 Å². The molecular weight excluding hydrogens is 557 g/mol. The van der Waals surface area contributed by atoms with Gasteiger partial charge in [0.1, 0.15) is 5.82 Å². The number of halogens is 3. The lowest BCUT2D eigenvalue weighted by atomic mass is 9.94. The highest BCUT2D eigenvalue weighted by molar-refractivity contribution is 5.82. The molecule has 0 saturated carbocycles. The quantitative estimate of drug-likeness (QED) is 0.179. The maximum Gasteiger partial charge on any atom is 0.586 e. The number of hydrogen-bond acceptors (Lipinski definition) is 4. The maximum absolute atomic E-state index is 14.1. The lowest BCUT2D eigenvalue weighted by Gasteiger charge is -2.33. The Morgan fingerprint density at radius 3 is 2.58 bits per heavy atom. The molecule has 1 atom stereocenters. The predicted octanol–water partition coefficient (Wildman–Crippen LogP) is 7.53. The largest absolute Gasteiger partial charge is 0.586 e. The number of hydrogen-bond donors (Lipinski definition) is 0. The number of piperidine rings is 1. The second-order valence-electron chi connectivity index (χ2n) is 11.3. The number of likely N-dealkylation sites (tertiary alicyclic amines) is 1. The number of aryl methyl sites for hydroxylation is 2. The summed E-state index contributed by atoms with van der Waals surface area (Å²) in [4.78, 5) is 15.2. The minimum Gasteiger partial charge on any atom is -0.395 e. The standard InChI is InChI=1S/C34H35F3N2O4/c1-41-18-4-17-39-29(19-26-12-14-28(35)21-30(26)39)27-6-3-16-38(22-27)33(40)7-2-5-23-8-10-24(11-9-23)25-13-15-31-32(20-25)43-34(36,37)42-31/h8-15,19-21,27H,2-7,16-18,22H2,1H3. The number of carbonyl (C=O) groups excluding carboxylic acids is 1. The molecular formula is C34H35F3N2O4. The maximum atomic E-state index is 14.1. The Kier molecular flexibility index (Phi) is 8.34. The first-order chi connectivity index (χ1) is 20.8. The van der Waals surface area contributed by atoms with Crippen molar-refractivity contribution in [1.82, 2.24) is 9.47 Å². The molecule has 3 heterocycles. The lowest BCUT2D eigenvalue weighted by Crippen LogP contribution is -2.39. The van der Waals surface area contributed by atoms with E-state index in [1.165, 1.54) is 12.1 Å². The first-order valence-corrected chi connectivity index (χ1v) is 14.8. The summed E-state index contributed by atoms with van der Waals surface area (Å²) < 4.78 is 57.3. The number of alkyl halides is 2. The molecule has 6 nitrogen and oxygen atoms in total. The Morgan fingerprint density at radius 2 is 1.77 bits per heavy atom. The van der Waals surface area contributed by atoms with E-state index in [2.05, 4.69) is 20.1 Å². The number of nitrogens with zero attached hydrogens (tertiary/aromatic N) is 2. The third-order valence-electron chi connectivity index (χ3n) is 8.37. The summed E-state index contributed by atoms with van der Waals surface area (Å²) in [6.45, 7) is 2.79. The zero-order valence-electron chi connectivity index (χ0n) is 24.2. The van der Waals surface area contributed by atoms with Gasteiger partial charge in [0.2, 0.25) is 5.91 Å². The zero-order chi connectivity index (χ0) is 30.0. The Bertz CT molecular complexity index is 1600. The van der Waals surface area contributed by atoms with Gasteiger partial charge in [-0.2, -0.15) is 0 Å². The first kappa shape index (κ1) is 29.1. The Hall–Kier alpha value is -3.98. The van der Waals surface area contributed by atoms with Crippen molar-refractivity contribution in [3.05, 3.63) is 83.8 Å².